The Hall–Kier alpha value is -4.25. The van der Waals surface area contributed by atoms with E-state index in [0.717, 1.165) is 48.9 Å². The van der Waals surface area contributed by atoms with Gasteiger partial charge in [0.15, 0.2) is 17.2 Å². The number of aromatic nitrogens is 4. The first-order valence-corrected chi connectivity index (χ1v) is 12.1. The van der Waals surface area contributed by atoms with Crippen LogP contribution in [0.15, 0.2) is 48.9 Å². The van der Waals surface area contributed by atoms with Gasteiger partial charge in [-0.15, -0.1) is 5.10 Å². The van der Waals surface area contributed by atoms with Gasteiger partial charge in [0, 0.05) is 36.1 Å². The van der Waals surface area contributed by atoms with Gasteiger partial charge in [0.25, 0.3) is 5.91 Å². The number of fused-ring (bicyclic) bond motifs is 1. The van der Waals surface area contributed by atoms with E-state index in [1.807, 2.05) is 31.2 Å². The molecule has 1 aromatic carbocycles. The highest BCUT2D eigenvalue weighted by molar-refractivity contribution is 6.03. The summed E-state index contributed by atoms with van der Waals surface area (Å²) in [5.74, 6) is 0.145. The summed E-state index contributed by atoms with van der Waals surface area (Å²) in [6.07, 6.45) is 7.59. The lowest BCUT2D eigenvalue weighted by Gasteiger charge is -2.27. The van der Waals surface area contributed by atoms with E-state index in [1.54, 1.807) is 7.11 Å². The Labute approximate surface area is 213 Å². The Kier molecular flexibility index (Phi) is 6.87. The van der Waals surface area contributed by atoms with Gasteiger partial charge in [-0.2, -0.15) is 0 Å². The van der Waals surface area contributed by atoms with Crippen molar-refractivity contribution in [2.45, 2.75) is 44.7 Å². The first kappa shape index (κ1) is 24.4. The summed E-state index contributed by atoms with van der Waals surface area (Å²) in [7, 11) is 1.62. The molecule has 192 valence electrons. The lowest BCUT2D eigenvalue weighted by molar-refractivity contribution is 0.102. The van der Waals surface area contributed by atoms with Gasteiger partial charge in [-0.05, 0) is 50.3 Å². The number of nitrogens with zero attached hydrogens (tertiary/aromatic N) is 4. The fraction of sp³-hybridized carbons (Fsp3) is 0.308. The van der Waals surface area contributed by atoms with Gasteiger partial charge in [-0.25, -0.2) is 13.9 Å². The third kappa shape index (κ3) is 5.31. The van der Waals surface area contributed by atoms with Crippen LogP contribution in [0.4, 0.5) is 27.3 Å². The van der Waals surface area contributed by atoms with Gasteiger partial charge in [0.05, 0.1) is 30.9 Å². The van der Waals surface area contributed by atoms with Crippen molar-refractivity contribution in [3.05, 3.63) is 66.0 Å². The quantitative estimate of drug-likeness (QED) is 0.294. The van der Waals surface area contributed by atoms with Crippen LogP contribution in [-0.4, -0.2) is 44.7 Å². The van der Waals surface area contributed by atoms with E-state index < -0.39 is 11.7 Å². The zero-order valence-corrected chi connectivity index (χ0v) is 20.7. The van der Waals surface area contributed by atoms with Crippen LogP contribution >= 0.6 is 0 Å². The van der Waals surface area contributed by atoms with Crippen LogP contribution in [0.2, 0.25) is 0 Å². The standard InChI is InChI=1S/C26H29FN8O2/c1-15-3-6-18(11-23(15)37-2)31-21-12-24(32-17-7-4-16(28)5-8-17)34-35-22(14-30-25(21)35)26(36)33-20-9-10-29-13-19(20)27/h3,6,9-14,16-17,31H,4-5,7-8,28H2,1-2H3,(H,32,34)(H,29,33,36)/t16-,17-. The zero-order chi connectivity index (χ0) is 25.9. The van der Waals surface area contributed by atoms with E-state index in [-0.39, 0.29) is 23.5 Å². The Morgan fingerprint density at radius 1 is 1.14 bits per heavy atom. The number of carbonyl (C=O) groups excluding carboxylic acids is 1. The third-order valence-electron chi connectivity index (χ3n) is 6.53. The number of carbonyl (C=O) groups is 1. The SMILES string of the molecule is COc1cc(Nc2cc(N[C@H]3CC[C@H](N)CC3)nn3c(C(=O)Nc4ccncc4F)cnc23)ccc1C. The molecule has 5 N–H and O–H groups in total. The fourth-order valence-electron chi connectivity index (χ4n) is 4.47. The summed E-state index contributed by atoms with van der Waals surface area (Å²) in [6.45, 7) is 1.97. The number of hydrogen-bond donors (Lipinski definition) is 4. The first-order valence-electron chi connectivity index (χ1n) is 12.1. The van der Waals surface area contributed by atoms with Crippen LogP contribution in [-0.2, 0) is 0 Å². The lowest BCUT2D eigenvalue weighted by Crippen LogP contribution is -2.33. The van der Waals surface area contributed by atoms with Crippen molar-refractivity contribution in [2.75, 3.05) is 23.1 Å². The van der Waals surface area contributed by atoms with E-state index in [9.17, 15) is 9.18 Å². The number of amides is 1. The number of methoxy groups -OCH3 is 1. The second-order valence-corrected chi connectivity index (χ2v) is 9.20. The average Bonchev–Trinajstić information content (AvgIpc) is 3.32. The molecule has 10 nitrogen and oxygen atoms in total. The Morgan fingerprint density at radius 2 is 1.95 bits per heavy atom. The molecule has 0 radical (unpaired) electrons. The molecule has 0 saturated heterocycles. The van der Waals surface area contributed by atoms with E-state index in [1.165, 1.54) is 23.0 Å². The van der Waals surface area contributed by atoms with Gasteiger partial charge < -0.3 is 26.4 Å². The molecule has 1 fully saturated rings. The smallest absolute Gasteiger partial charge is 0.276 e. The minimum absolute atomic E-state index is 0.0212. The predicted octanol–water partition coefficient (Wildman–Crippen LogP) is 4.26. The molecule has 1 aliphatic rings. The predicted molar refractivity (Wildman–Crippen MR) is 140 cm³/mol. The number of ether oxygens (including phenoxy) is 1. The van der Waals surface area contributed by atoms with Crippen LogP contribution < -0.4 is 26.4 Å². The Morgan fingerprint density at radius 3 is 2.70 bits per heavy atom. The topological polar surface area (TPSA) is 131 Å². The number of halogens is 1. The van der Waals surface area contributed by atoms with Crippen molar-refractivity contribution in [3.63, 3.8) is 0 Å². The molecule has 1 aliphatic carbocycles. The van der Waals surface area contributed by atoms with E-state index >= 15 is 0 Å². The highest BCUT2D eigenvalue weighted by Gasteiger charge is 2.22. The lowest BCUT2D eigenvalue weighted by atomic mass is 9.92. The molecule has 4 aromatic rings. The zero-order valence-electron chi connectivity index (χ0n) is 20.7. The van der Waals surface area contributed by atoms with Crippen molar-refractivity contribution < 1.29 is 13.9 Å². The van der Waals surface area contributed by atoms with Crippen LogP contribution in [0.25, 0.3) is 5.65 Å². The molecule has 0 aliphatic heterocycles. The molecular weight excluding hydrogens is 475 g/mol. The number of aryl methyl sites for hydroxylation is 1. The number of rotatable bonds is 7. The molecule has 37 heavy (non-hydrogen) atoms. The number of hydrogen-bond acceptors (Lipinski definition) is 8. The van der Waals surface area contributed by atoms with E-state index in [0.29, 0.717) is 17.2 Å². The summed E-state index contributed by atoms with van der Waals surface area (Å²) in [5, 5.41) is 14.1. The number of imidazole rings is 1. The summed E-state index contributed by atoms with van der Waals surface area (Å²) in [5.41, 5.74) is 9.13. The number of benzene rings is 1. The molecule has 1 amide bonds. The normalized spacial score (nSPS) is 17.4. The molecule has 3 aromatic heterocycles. The number of anilines is 4. The molecule has 0 spiro atoms. The van der Waals surface area contributed by atoms with Crippen LogP contribution in [0.1, 0.15) is 41.7 Å². The largest absolute Gasteiger partial charge is 0.496 e. The van der Waals surface area contributed by atoms with Crippen molar-refractivity contribution in [2.24, 2.45) is 5.73 Å². The van der Waals surface area contributed by atoms with Gasteiger partial charge in [-0.1, -0.05) is 6.07 Å². The molecule has 0 atom stereocenters. The molecule has 1 saturated carbocycles. The van der Waals surface area contributed by atoms with Crippen LogP contribution in [0.3, 0.4) is 0 Å². The summed E-state index contributed by atoms with van der Waals surface area (Å²) in [4.78, 5) is 21.3. The highest BCUT2D eigenvalue weighted by atomic mass is 19.1. The van der Waals surface area contributed by atoms with Gasteiger partial charge in [0.1, 0.15) is 11.6 Å². The number of nitrogens with one attached hydrogen (secondary N) is 3. The molecule has 11 heteroatoms. The van der Waals surface area contributed by atoms with Crippen molar-refractivity contribution >= 4 is 34.4 Å². The van der Waals surface area contributed by atoms with E-state index in [4.69, 9.17) is 10.5 Å². The maximum absolute atomic E-state index is 14.1. The van der Waals surface area contributed by atoms with Crippen molar-refractivity contribution in [3.8, 4) is 5.75 Å². The maximum Gasteiger partial charge on any atom is 0.276 e. The van der Waals surface area contributed by atoms with Crippen molar-refractivity contribution in [1.29, 1.82) is 0 Å². The number of pyridine rings is 1. The fourth-order valence-corrected chi connectivity index (χ4v) is 4.47. The van der Waals surface area contributed by atoms with Crippen LogP contribution in [0, 0.1) is 12.7 Å². The van der Waals surface area contributed by atoms with Crippen LogP contribution in [0.5, 0.6) is 5.75 Å². The summed E-state index contributed by atoms with van der Waals surface area (Å²) >= 11 is 0. The van der Waals surface area contributed by atoms with E-state index in [2.05, 4.69) is 31.0 Å². The maximum atomic E-state index is 14.1. The molecular formula is C26H29FN8O2. The van der Waals surface area contributed by atoms with Gasteiger partial charge in [0.2, 0.25) is 0 Å². The minimum Gasteiger partial charge on any atom is -0.496 e. The van der Waals surface area contributed by atoms with Gasteiger partial charge >= 0.3 is 0 Å². The second-order valence-electron chi connectivity index (χ2n) is 9.20. The molecule has 0 bridgehead atoms. The minimum atomic E-state index is -0.633. The molecule has 3 heterocycles. The second kappa shape index (κ2) is 10.4. The Bertz CT molecular complexity index is 1430. The Balaban J connectivity index is 1.51. The highest BCUT2D eigenvalue weighted by Crippen LogP contribution is 2.29. The monoisotopic (exact) mass is 504 g/mol. The first-order chi connectivity index (χ1) is 17.9. The third-order valence-corrected chi connectivity index (χ3v) is 6.53. The van der Waals surface area contributed by atoms with Crippen molar-refractivity contribution in [1.82, 2.24) is 19.6 Å². The number of nitrogens with two attached hydrogens (primary N) is 1. The average molecular weight is 505 g/mol. The molecule has 0 unspecified atom stereocenters. The summed E-state index contributed by atoms with van der Waals surface area (Å²) in [6, 6.07) is 9.48. The summed E-state index contributed by atoms with van der Waals surface area (Å²) < 4.78 is 21.0. The molecule has 5 rings (SSSR count). The van der Waals surface area contributed by atoms with Gasteiger partial charge in [-0.3, -0.25) is 9.78 Å².